The summed E-state index contributed by atoms with van der Waals surface area (Å²) in [6.45, 7) is 4.06. The third kappa shape index (κ3) is 2.87. The van der Waals surface area contributed by atoms with E-state index in [1.54, 1.807) is 17.0 Å². The van der Waals surface area contributed by atoms with E-state index in [-0.39, 0.29) is 18.8 Å². The van der Waals surface area contributed by atoms with Crippen molar-refractivity contribution in [2.24, 2.45) is 5.92 Å². The SMILES string of the molecule is CC1(C)CC(=O)[C@@H]([C@]2(O)C(=O)N(Cc3ccccc3)c3ccccc32)CO1. The second-order valence-electron chi connectivity index (χ2n) is 7.93. The topological polar surface area (TPSA) is 66.8 Å². The Kier molecular flexibility index (Phi) is 4.17. The lowest BCUT2D eigenvalue weighted by molar-refractivity contribution is -0.172. The van der Waals surface area contributed by atoms with Crippen LogP contribution in [0.5, 0.6) is 0 Å². The Bertz CT molecular complexity index is 892. The zero-order valence-electron chi connectivity index (χ0n) is 15.5. The van der Waals surface area contributed by atoms with Crippen LogP contribution in [-0.4, -0.2) is 29.0 Å². The number of hydrogen-bond donors (Lipinski definition) is 1. The molecule has 1 N–H and O–H groups in total. The Labute approximate surface area is 158 Å². The summed E-state index contributed by atoms with van der Waals surface area (Å²) in [5, 5.41) is 11.5. The summed E-state index contributed by atoms with van der Waals surface area (Å²) < 4.78 is 5.79. The first kappa shape index (κ1) is 17.9. The molecule has 1 fully saturated rings. The quantitative estimate of drug-likeness (QED) is 0.908. The van der Waals surface area contributed by atoms with Crippen molar-refractivity contribution in [3.8, 4) is 0 Å². The van der Waals surface area contributed by atoms with Crippen molar-refractivity contribution in [1.29, 1.82) is 0 Å². The van der Waals surface area contributed by atoms with E-state index < -0.39 is 23.0 Å². The summed E-state index contributed by atoms with van der Waals surface area (Å²) in [6, 6.07) is 16.8. The van der Waals surface area contributed by atoms with Gasteiger partial charge in [-0.3, -0.25) is 9.59 Å². The lowest BCUT2D eigenvalue weighted by Crippen LogP contribution is -2.54. The fourth-order valence-electron chi connectivity index (χ4n) is 4.07. The van der Waals surface area contributed by atoms with Gasteiger partial charge >= 0.3 is 0 Å². The van der Waals surface area contributed by atoms with Crippen molar-refractivity contribution in [3.05, 3.63) is 65.7 Å². The summed E-state index contributed by atoms with van der Waals surface area (Å²) in [4.78, 5) is 27.7. The molecule has 5 nitrogen and oxygen atoms in total. The molecule has 5 heteroatoms. The molecule has 1 amide bonds. The smallest absolute Gasteiger partial charge is 0.264 e. The van der Waals surface area contributed by atoms with E-state index in [4.69, 9.17) is 4.74 Å². The van der Waals surface area contributed by atoms with Crippen LogP contribution < -0.4 is 4.90 Å². The highest BCUT2D eigenvalue weighted by atomic mass is 16.5. The third-order valence-corrected chi connectivity index (χ3v) is 5.49. The van der Waals surface area contributed by atoms with E-state index in [0.717, 1.165) is 5.56 Å². The van der Waals surface area contributed by atoms with Gasteiger partial charge in [0.15, 0.2) is 5.60 Å². The molecular weight excluding hydrogens is 342 g/mol. The van der Waals surface area contributed by atoms with Crippen molar-refractivity contribution < 1.29 is 19.4 Å². The van der Waals surface area contributed by atoms with Crippen LogP contribution in [0.15, 0.2) is 54.6 Å². The lowest BCUT2D eigenvalue weighted by atomic mass is 9.76. The van der Waals surface area contributed by atoms with Gasteiger partial charge in [0, 0.05) is 12.0 Å². The number of anilines is 1. The molecule has 0 saturated carbocycles. The summed E-state index contributed by atoms with van der Waals surface area (Å²) in [7, 11) is 0. The summed E-state index contributed by atoms with van der Waals surface area (Å²) >= 11 is 0. The number of benzene rings is 2. The zero-order valence-corrected chi connectivity index (χ0v) is 15.5. The molecule has 2 aromatic carbocycles. The highest BCUT2D eigenvalue weighted by Gasteiger charge is 2.58. The van der Waals surface area contributed by atoms with Crippen molar-refractivity contribution in [2.45, 2.75) is 38.0 Å². The van der Waals surface area contributed by atoms with E-state index in [0.29, 0.717) is 17.8 Å². The first-order valence-electron chi connectivity index (χ1n) is 9.17. The molecule has 2 aromatic rings. The Balaban J connectivity index is 1.74. The van der Waals surface area contributed by atoms with E-state index in [9.17, 15) is 14.7 Å². The molecule has 0 unspecified atom stereocenters. The number of ether oxygens (including phenoxy) is 1. The van der Waals surface area contributed by atoms with Gasteiger partial charge in [-0.05, 0) is 25.5 Å². The van der Waals surface area contributed by atoms with Crippen molar-refractivity contribution in [3.63, 3.8) is 0 Å². The van der Waals surface area contributed by atoms with Crippen molar-refractivity contribution in [2.75, 3.05) is 11.5 Å². The zero-order chi connectivity index (χ0) is 19.2. The number of carbonyl (C=O) groups is 2. The number of nitrogens with zero attached hydrogens (tertiary/aromatic N) is 1. The van der Waals surface area contributed by atoms with Gasteiger partial charge in [-0.15, -0.1) is 0 Å². The van der Waals surface area contributed by atoms with Crippen molar-refractivity contribution >= 4 is 17.4 Å². The number of carbonyl (C=O) groups excluding carboxylic acids is 2. The standard InChI is InChI=1S/C22H23NO4/c1-21(2)12-19(24)17(14-27-21)22(26)16-10-6-7-11-18(16)23(20(22)25)13-15-8-4-3-5-9-15/h3-11,17,26H,12-14H2,1-2H3/t17-,22-/m0/s1. The van der Waals surface area contributed by atoms with Gasteiger partial charge in [0.25, 0.3) is 5.91 Å². The molecule has 2 aliphatic heterocycles. The van der Waals surface area contributed by atoms with E-state index in [2.05, 4.69) is 0 Å². The number of hydrogen-bond acceptors (Lipinski definition) is 4. The fraction of sp³-hybridized carbons (Fsp3) is 0.364. The van der Waals surface area contributed by atoms with Crippen molar-refractivity contribution in [1.82, 2.24) is 0 Å². The lowest BCUT2D eigenvalue weighted by Gasteiger charge is -2.39. The first-order chi connectivity index (χ1) is 12.8. The first-order valence-corrected chi connectivity index (χ1v) is 9.17. The van der Waals surface area contributed by atoms with Gasteiger partial charge in [0.1, 0.15) is 5.78 Å². The fourth-order valence-corrected chi connectivity index (χ4v) is 4.07. The van der Waals surface area contributed by atoms with Gasteiger partial charge in [0.05, 0.1) is 30.4 Å². The van der Waals surface area contributed by atoms with Crippen LogP contribution in [-0.2, 0) is 26.5 Å². The normalized spacial score (nSPS) is 26.9. The molecule has 0 aliphatic carbocycles. The van der Waals surface area contributed by atoms with Gasteiger partial charge < -0.3 is 14.7 Å². The van der Waals surface area contributed by atoms with Crippen LogP contribution in [0.4, 0.5) is 5.69 Å². The van der Waals surface area contributed by atoms with Gasteiger partial charge in [-0.1, -0.05) is 48.5 Å². The predicted octanol–water partition coefficient (Wildman–Crippen LogP) is 2.81. The maximum atomic E-state index is 13.4. The van der Waals surface area contributed by atoms with Crippen LogP contribution in [0.25, 0.3) is 0 Å². The second-order valence-corrected chi connectivity index (χ2v) is 7.93. The van der Waals surface area contributed by atoms with Crippen LogP contribution >= 0.6 is 0 Å². The number of Topliss-reactive ketones (excluding diaryl/α,β-unsaturated/α-hetero) is 1. The van der Waals surface area contributed by atoms with Crippen LogP contribution in [0.1, 0.15) is 31.4 Å². The minimum atomic E-state index is -1.89. The summed E-state index contributed by atoms with van der Waals surface area (Å²) in [5.74, 6) is -1.51. The molecule has 0 bridgehead atoms. The van der Waals surface area contributed by atoms with E-state index in [1.165, 1.54) is 0 Å². The van der Waals surface area contributed by atoms with Crippen LogP contribution in [0.3, 0.4) is 0 Å². The molecule has 1 saturated heterocycles. The Hall–Kier alpha value is -2.50. The number of aliphatic hydroxyl groups is 1. The highest BCUT2D eigenvalue weighted by molar-refractivity contribution is 6.09. The number of amides is 1. The van der Waals surface area contributed by atoms with Gasteiger partial charge in [0.2, 0.25) is 0 Å². The molecule has 0 spiro atoms. The molecule has 2 aliphatic rings. The molecular formula is C22H23NO4. The number of para-hydroxylation sites is 1. The molecule has 4 rings (SSSR count). The highest BCUT2D eigenvalue weighted by Crippen LogP contribution is 2.47. The molecule has 0 radical (unpaired) electrons. The molecule has 140 valence electrons. The average molecular weight is 365 g/mol. The number of ketones is 1. The monoisotopic (exact) mass is 365 g/mol. The van der Waals surface area contributed by atoms with E-state index >= 15 is 0 Å². The Morgan fingerprint density at radius 2 is 1.74 bits per heavy atom. The summed E-state index contributed by atoms with van der Waals surface area (Å²) in [5.41, 5.74) is -0.385. The second kappa shape index (κ2) is 6.29. The van der Waals surface area contributed by atoms with Crippen LogP contribution in [0.2, 0.25) is 0 Å². The van der Waals surface area contributed by atoms with E-state index in [1.807, 2.05) is 56.3 Å². The molecule has 0 aromatic heterocycles. The number of rotatable bonds is 3. The largest absolute Gasteiger partial charge is 0.375 e. The molecule has 2 heterocycles. The molecule has 27 heavy (non-hydrogen) atoms. The minimum absolute atomic E-state index is 0.0293. The maximum absolute atomic E-state index is 13.4. The van der Waals surface area contributed by atoms with Gasteiger partial charge in [-0.2, -0.15) is 0 Å². The average Bonchev–Trinajstić information content (AvgIpc) is 2.85. The minimum Gasteiger partial charge on any atom is -0.375 e. The van der Waals surface area contributed by atoms with Gasteiger partial charge in [-0.25, -0.2) is 0 Å². The Morgan fingerprint density at radius 3 is 2.44 bits per heavy atom. The summed E-state index contributed by atoms with van der Waals surface area (Å²) in [6.07, 6.45) is 0.175. The third-order valence-electron chi connectivity index (χ3n) is 5.49. The predicted molar refractivity (Wildman–Crippen MR) is 101 cm³/mol. The Morgan fingerprint density at radius 1 is 1.07 bits per heavy atom. The van der Waals surface area contributed by atoms with Crippen LogP contribution in [0, 0.1) is 5.92 Å². The number of fused-ring (bicyclic) bond motifs is 1. The molecule has 2 atom stereocenters. The maximum Gasteiger partial charge on any atom is 0.264 e.